The van der Waals surface area contributed by atoms with Crippen LogP contribution >= 0.6 is 0 Å². The molecule has 0 spiro atoms. The summed E-state index contributed by atoms with van der Waals surface area (Å²) in [5, 5.41) is 2.75. The summed E-state index contributed by atoms with van der Waals surface area (Å²) in [6, 6.07) is 4.94. The molecule has 3 N–H and O–H groups in total. The monoisotopic (exact) mass is 292 g/mol. The number of rotatable bonds is 6. The Morgan fingerprint density at radius 1 is 1.29 bits per heavy atom. The van der Waals surface area contributed by atoms with Crippen LogP contribution in [0.5, 0.6) is 0 Å². The van der Waals surface area contributed by atoms with E-state index in [1.165, 1.54) is 0 Å². The predicted molar refractivity (Wildman–Crippen MR) is 82.9 cm³/mol. The Bertz CT molecular complexity index is 512. The molecule has 0 saturated carbocycles. The van der Waals surface area contributed by atoms with Crippen molar-refractivity contribution in [3.8, 4) is 0 Å². The zero-order valence-electron chi connectivity index (χ0n) is 13.1. The number of aryl methyl sites for hydroxylation is 1. The number of benzene rings is 1. The first-order chi connectivity index (χ1) is 9.81. The Hall–Kier alpha value is -2.04. The lowest BCUT2D eigenvalue weighted by atomic mass is 10.1. The molecule has 5 nitrogen and oxygen atoms in total. The van der Waals surface area contributed by atoms with Gasteiger partial charge in [-0.05, 0) is 43.9 Å². The molecule has 0 aliphatic heterocycles. The van der Waals surface area contributed by atoms with Crippen molar-refractivity contribution in [1.82, 2.24) is 5.32 Å². The number of hydrogen-bond donors (Lipinski definition) is 2. The molecule has 1 unspecified atom stereocenters. The van der Waals surface area contributed by atoms with E-state index < -0.39 is 12.1 Å². The number of amides is 1. The molecular formula is C16H24N2O3. The van der Waals surface area contributed by atoms with Crippen LogP contribution in [0.1, 0.15) is 43.1 Å². The van der Waals surface area contributed by atoms with Crippen molar-refractivity contribution < 1.29 is 14.3 Å². The minimum atomic E-state index is -0.827. The number of ether oxygens (including phenoxy) is 1. The van der Waals surface area contributed by atoms with E-state index in [1.807, 2.05) is 6.92 Å². The number of nitrogen functional groups attached to an aromatic ring is 1. The Kier molecular flexibility index (Phi) is 6.21. The first-order valence-electron chi connectivity index (χ1n) is 7.16. The van der Waals surface area contributed by atoms with Gasteiger partial charge in [0.2, 0.25) is 0 Å². The first-order valence-corrected chi connectivity index (χ1v) is 7.16. The highest BCUT2D eigenvalue weighted by molar-refractivity contribution is 5.93. The van der Waals surface area contributed by atoms with Crippen molar-refractivity contribution in [2.75, 3.05) is 12.3 Å². The Labute approximate surface area is 125 Å². The lowest BCUT2D eigenvalue weighted by Gasteiger charge is -2.14. The molecule has 21 heavy (non-hydrogen) atoms. The maximum atomic E-state index is 11.9. The molecule has 5 heteroatoms. The van der Waals surface area contributed by atoms with E-state index in [1.54, 1.807) is 25.1 Å². The van der Waals surface area contributed by atoms with Gasteiger partial charge >= 0.3 is 5.97 Å². The summed E-state index contributed by atoms with van der Waals surface area (Å²) >= 11 is 0. The predicted octanol–water partition coefficient (Wildman–Crippen LogP) is 2.28. The smallest absolute Gasteiger partial charge is 0.338 e. The Morgan fingerprint density at radius 2 is 1.95 bits per heavy atom. The second-order valence-corrected chi connectivity index (χ2v) is 5.59. The van der Waals surface area contributed by atoms with Crippen molar-refractivity contribution in [2.45, 2.75) is 40.2 Å². The van der Waals surface area contributed by atoms with E-state index in [2.05, 4.69) is 19.2 Å². The minimum Gasteiger partial charge on any atom is -0.449 e. The molecule has 0 aliphatic rings. The topological polar surface area (TPSA) is 81.4 Å². The van der Waals surface area contributed by atoms with Crippen LogP contribution in [-0.2, 0) is 9.53 Å². The van der Waals surface area contributed by atoms with Crippen LogP contribution in [0.3, 0.4) is 0 Å². The van der Waals surface area contributed by atoms with Gasteiger partial charge in [-0.3, -0.25) is 4.79 Å². The maximum Gasteiger partial charge on any atom is 0.338 e. The third-order valence-electron chi connectivity index (χ3n) is 3.19. The summed E-state index contributed by atoms with van der Waals surface area (Å²) in [6.45, 7) is 8.15. The van der Waals surface area contributed by atoms with Crippen LogP contribution in [0.15, 0.2) is 18.2 Å². The molecule has 0 radical (unpaired) electrons. The number of esters is 1. The van der Waals surface area contributed by atoms with Gasteiger partial charge in [-0.15, -0.1) is 0 Å². The molecule has 0 aromatic heterocycles. The van der Waals surface area contributed by atoms with Crippen LogP contribution in [-0.4, -0.2) is 24.5 Å². The average molecular weight is 292 g/mol. The molecule has 0 heterocycles. The molecule has 1 aromatic carbocycles. The third-order valence-corrected chi connectivity index (χ3v) is 3.19. The number of anilines is 1. The molecule has 116 valence electrons. The summed E-state index contributed by atoms with van der Waals surface area (Å²) in [5.74, 6) is -0.323. The standard InChI is InChI=1S/C16H24N2O3/c1-10(2)7-8-18-15(19)12(4)21-16(20)13-6-5-11(3)14(17)9-13/h5-6,9-10,12H,7-8,17H2,1-4H3,(H,18,19). The normalized spacial score (nSPS) is 12.0. The van der Waals surface area contributed by atoms with Gasteiger partial charge in [-0.1, -0.05) is 19.9 Å². The SMILES string of the molecule is Cc1ccc(C(=O)OC(C)C(=O)NCCC(C)C)cc1N. The van der Waals surface area contributed by atoms with E-state index in [0.717, 1.165) is 12.0 Å². The van der Waals surface area contributed by atoms with Crippen LogP contribution in [0.4, 0.5) is 5.69 Å². The fourth-order valence-corrected chi connectivity index (χ4v) is 1.68. The zero-order chi connectivity index (χ0) is 16.0. The van der Waals surface area contributed by atoms with E-state index >= 15 is 0 Å². The van der Waals surface area contributed by atoms with Gasteiger partial charge in [0.05, 0.1) is 5.56 Å². The highest BCUT2D eigenvalue weighted by atomic mass is 16.5. The van der Waals surface area contributed by atoms with Gasteiger partial charge in [0.1, 0.15) is 0 Å². The van der Waals surface area contributed by atoms with E-state index in [-0.39, 0.29) is 5.91 Å². The van der Waals surface area contributed by atoms with Gasteiger partial charge in [-0.25, -0.2) is 4.79 Å². The Morgan fingerprint density at radius 3 is 2.52 bits per heavy atom. The fraction of sp³-hybridized carbons (Fsp3) is 0.500. The lowest BCUT2D eigenvalue weighted by Crippen LogP contribution is -2.36. The molecular weight excluding hydrogens is 268 g/mol. The molecule has 1 aromatic rings. The number of carbonyl (C=O) groups excluding carboxylic acids is 2. The zero-order valence-corrected chi connectivity index (χ0v) is 13.1. The third kappa shape index (κ3) is 5.45. The van der Waals surface area contributed by atoms with Crippen LogP contribution in [0, 0.1) is 12.8 Å². The summed E-state index contributed by atoms with van der Waals surface area (Å²) in [7, 11) is 0. The van der Waals surface area contributed by atoms with Gasteiger partial charge in [-0.2, -0.15) is 0 Å². The van der Waals surface area contributed by atoms with E-state index in [9.17, 15) is 9.59 Å². The van der Waals surface area contributed by atoms with Crippen molar-refractivity contribution in [1.29, 1.82) is 0 Å². The quantitative estimate of drug-likeness (QED) is 0.622. The molecule has 0 fully saturated rings. The van der Waals surface area contributed by atoms with Crippen molar-refractivity contribution in [3.05, 3.63) is 29.3 Å². The molecule has 0 bridgehead atoms. The van der Waals surface area contributed by atoms with Gasteiger partial charge in [0.25, 0.3) is 5.91 Å². The number of carbonyl (C=O) groups is 2. The van der Waals surface area contributed by atoms with Crippen molar-refractivity contribution in [2.24, 2.45) is 5.92 Å². The van der Waals surface area contributed by atoms with E-state index in [4.69, 9.17) is 10.5 Å². The molecule has 1 amide bonds. The van der Waals surface area contributed by atoms with Crippen LogP contribution < -0.4 is 11.1 Å². The molecule has 0 saturated heterocycles. The average Bonchev–Trinajstić information content (AvgIpc) is 2.41. The largest absolute Gasteiger partial charge is 0.449 e. The fourth-order valence-electron chi connectivity index (χ4n) is 1.68. The van der Waals surface area contributed by atoms with E-state index in [0.29, 0.717) is 23.7 Å². The minimum absolute atomic E-state index is 0.288. The van der Waals surface area contributed by atoms with Gasteiger partial charge < -0.3 is 15.8 Å². The highest BCUT2D eigenvalue weighted by Crippen LogP contribution is 2.14. The Balaban J connectivity index is 2.53. The molecule has 1 rings (SSSR count). The first kappa shape index (κ1) is 17.0. The van der Waals surface area contributed by atoms with Crippen molar-refractivity contribution >= 4 is 17.6 Å². The molecule has 1 atom stereocenters. The number of nitrogens with one attached hydrogen (secondary N) is 1. The van der Waals surface area contributed by atoms with Crippen LogP contribution in [0.2, 0.25) is 0 Å². The second kappa shape index (κ2) is 7.67. The van der Waals surface area contributed by atoms with Crippen LogP contribution in [0.25, 0.3) is 0 Å². The summed E-state index contributed by atoms with van der Waals surface area (Å²) in [4.78, 5) is 23.7. The second-order valence-electron chi connectivity index (χ2n) is 5.59. The van der Waals surface area contributed by atoms with Crippen molar-refractivity contribution in [3.63, 3.8) is 0 Å². The lowest BCUT2D eigenvalue weighted by molar-refractivity contribution is -0.129. The van der Waals surface area contributed by atoms with Gasteiger partial charge in [0, 0.05) is 12.2 Å². The highest BCUT2D eigenvalue weighted by Gasteiger charge is 2.18. The molecule has 0 aliphatic carbocycles. The maximum absolute atomic E-state index is 11.9. The number of nitrogens with two attached hydrogens (primary N) is 1. The number of hydrogen-bond acceptors (Lipinski definition) is 4. The summed E-state index contributed by atoms with van der Waals surface area (Å²) in [6.07, 6.45) is 0.0631. The summed E-state index contributed by atoms with van der Waals surface area (Å²) < 4.78 is 5.14. The summed E-state index contributed by atoms with van der Waals surface area (Å²) in [5.41, 5.74) is 7.52. The van der Waals surface area contributed by atoms with Gasteiger partial charge in [0.15, 0.2) is 6.10 Å².